The molecule has 1 aromatic rings. The summed E-state index contributed by atoms with van der Waals surface area (Å²) in [5.74, 6) is 1.72. The Balaban J connectivity index is 2.23. The number of aliphatic hydroxyl groups excluding tert-OH is 1. The maximum absolute atomic E-state index is 9.52. The van der Waals surface area contributed by atoms with Crippen molar-refractivity contribution in [2.45, 2.75) is 25.7 Å². The van der Waals surface area contributed by atoms with Crippen LogP contribution >= 0.6 is 0 Å². The van der Waals surface area contributed by atoms with E-state index in [0.29, 0.717) is 0 Å². The van der Waals surface area contributed by atoms with Crippen LogP contribution in [-0.2, 0) is 6.42 Å². The van der Waals surface area contributed by atoms with E-state index in [1.54, 1.807) is 14.2 Å². The monoisotopic (exact) mass is 236 g/mol. The van der Waals surface area contributed by atoms with Gasteiger partial charge in [0.1, 0.15) is 11.5 Å². The zero-order valence-corrected chi connectivity index (χ0v) is 10.5. The summed E-state index contributed by atoms with van der Waals surface area (Å²) in [5, 5.41) is 9.52. The Hall–Kier alpha value is -1.22. The van der Waals surface area contributed by atoms with Gasteiger partial charge in [-0.05, 0) is 48.4 Å². The number of aliphatic hydroxyl groups is 1. The van der Waals surface area contributed by atoms with Crippen LogP contribution < -0.4 is 9.47 Å². The lowest BCUT2D eigenvalue weighted by atomic mass is 9.66. The van der Waals surface area contributed by atoms with Crippen molar-refractivity contribution in [3.63, 3.8) is 0 Å². The van der Waals surface area contributed by atoms with E-state index in [0.717, 1.165) is 36.3 Å². The molecule has 0 unspecified atom stereocenters. The zero-order chi connectivity index (χ0) is 12.3. The molecule has 0 amide bonds. The minimum absolute atomic E-state index is 0.0691. The zero-order valence-electron chi connectivity index (χ0n) is 10.5. The van der Waals surface area contributed by atoms with E-state index >= 15 is 0 Å². The second-order valence-corrected chi connectivity index (χ2v) is 4.87. The minimum Gasteiger partial charge on any atom is -0.497 e. The molecule has 0 bridgehead atoms. The van der Waals surface area contributed by atoms with Crippen molar-refractivity contribution >= 4 is 0 Å². The molecule has 1 aromatic carbocycles. The molecule has 1 saturated carbocycles. The van der Waals surface area contributed by atoms with Crippen molar-refractivity contribution in [1.82, 2.24) is 0 Å². The normalized spacial score (nSPS) is 17.4. The molecule has 1 aliphatic rings. The number of ether oxygens (including phenoxy) is 2. The second-order valence-electron chi connectivity index (χ2n) is 4.87. The van der Waals surface area contributed by atoms with Gasteiger partial charge in [0.25, 0.3) is 0 Å². The van der Waals surface area contributed by atoms with Gasteiger partial charge in [-0.2, -0.15) is 0 Å². The third-order valence-electron chi connectivity index (χ3n) is 3.80. The van der Waals surface area contributed by atoms with Crippen LogP contribution in [0.25, 0.3) is 0 Å². The van der Waals surface area contributed by atoms with Crippen LogP contribution in [0, 0.1) is 5.41 Å². The first-order chi connectivity index (χ1) is 8.23. The van der Waals surface area contributed by atoms with Gasteiger partial charge in [-0.3, -0.25) is 0 Å². The molecule has 0 radical (unpaired) electrons. The molecule has 94 valence electrons. The van der Waals surface area contributed by atoms with Gasteiger partial charge >= 0.3 is 0 Å². The minimum atomic E-state index is 0.0691. The van der Waals surface area contributed by atoms with Crippen LogP contribution in [0.3, 0.4) is 0 Å². The topological polar surface area (TPSA) is 38.7 Å². The molecule has 1 aliphatic carbocycles. The molecule has 0 spiro atoms. The predicted octanol–water partition coefficient (Wildman–Crippen LogP) is 2.41. The highest BCUT2D eigenvalue weighted by Crippen LogP contribution is 2.44. The molecule has 3 heteroatoms. The first-order valence-corrected chi connectivity index (χ1v) is 6.05. The van der Waals surface area contributed by atoms with Crippen molar-refractivity contribution in [2.75, 3.05) is 20.8 Å². The van der Waals surface area contributed by atoms with E-state index in [-0.39, 0.29) is 12.0 Å². The van der Waals surface area contributed by atoms with E-state index in [1.165, 1.54) is 6.42 Å². The van der Waals surface area contributed by atoms with Crippen LogP contribution in [-0.4, -0.2) is 25.9 Å². The number of hydrogen-bond donors (Lipinski definition) is 1. The van der Waals surface area contributed by atoms with Gasteiger partial charge in [0.15, 0.2) is 0 Å². The third-order valence-corrected chi connectivity index (χ3v) is 3.80. The SMILES string of the molecule is COc1ccc(OC)c(CC2(CO)CCC2)c1. The summed E-state index contributed by atoms with van der Waals surface area (Å²) in [7, 11) is 3.34. The van der Waals surface area contributed by atoms with E-state index in [2.05, 4.69) is 0 Å². The lowest BCUT2D eigenvalue weighted by molar-refractivity contribution is 0.0444. The number of rotatable bonds is 5. The van der Waals surface area contributed by atoms with Crippen molar-refractivity contribution < 1.29 is 14.6 Å². The van der Waals surface area contributed by atoms with Gasteiger partial charge in [0.2, 0.25) is 0 Å². The summed E-state index contributed by atoms with van der Waals surface area (Å²) in [5.41, 5.74) is 1.19. The Morgan fingerprint density at radius 1 is 1.24 bits per heavy atom. The molecule has 0 atom stereocenters. The number of benzene rings is 1. The molecule has 3 nitrogen and oxygen atoms in total. The Morgan fingerprint density at radius 2 is 2.00 bits per heavy atom. The van der Waals surface area contributed by atoms with Crippen LogP contribution in [0.5, 0.6) is 11.5 Å². The van der Waals surface area contributed by atoms with Gasteiger partial charge in [0, 0.05) is 6.61 Å². The van der Waals surface area contributed by atoms with E-state index in [1.807, 2.05) is 18.2 Å². The molecule has 0 heterocycles. The van der Waals surface area contributed by atoms with Gasteiger partial charge in [0.05, 0.1) is 14.2 Å². The average Bonchev–Trinajstić information content (AvgIpc) is 2.33. The predicted molar refractivity (Wildman–Crippen MR) is 66.6 cm³/mol. The fourth-order valence-corrected chi connectivity index (χ4v) is 2.49. The second kappa shape index (κ2) is 4.96. The first kappa shape index (κ1) is 12.2. The summed E-state index contributed by atoms with van der Waals surface area (Å²) in [6, 6.07) is 5.83. The van der Waals surface area contributed by atoms with Crippen molar-refractivity contribution in [2.24, 2.45) is 5.41 Å². The van der Waals surface area contributed by atoms with E-state index < -0.39 is 0 Å². The van der Waals surface area contributed by atoms with Gasteiger partial charge in [-0.25, -0.2) is 0 Å². The van der Waals surface area contributed by atoms with E-state index in [4.69, 9.17) is 9.47 Å². The molecular weight excluding hydrogens is 216 g/mol. The van der Waals surface area contributed by atoms with Crippen LogP contribution in [0.15, 0.2) is 18.2 Å². The van der Waals surface area contributed by atoms with Crippen molar-refractivity contribution in [3.8, 4) is 11.5 Å². The largest absolute Gasteiger partial charge is 0.497 e. The average molecular weight is 236 g/mol. The Labute approximate surface area is 102 Å². The first-order valence-electron chi connectivity index (χ1n) is 6.05. The summed E-state index contributed by atoms with van der Waals surface area (Å²) < 4.78 is 10.6. The quantitative estimate of drug-likeness (QED) is 0.853. The number of methoxy groups -OCH3 is 2. The highest BCUT2D eigenvalue weighted by Gasteiger charge is 2.37. The fourth-order valence-electron chi connectivity index (χ4n) is 2.49. The van der Waals surface area contributed by atoms with Gasteiger partial charge in [-0.15, -0.1) is 0 Å². The fraction of sp³-hybridized carbons (Fsp3) is 0.571. The molecule has 2 rings (SSSR count). The molecule has 0 saturated heterocycles. The Morgan fingerprint density at radius 3 is 2.47 bits per heavy atom. The molecular formula is C14H20O3. The van der Waals surface area contributed by atoms with Crippen molar-refractivity contribution in [3.05, 3.63) is 23.8 Å². The molecule has 17 heavy (non-hydrogen) atoms. The van der Waals surface area contributed by atoms with E-state index in [9.17, 15) is 5.11 Å². The molecule has 0 aromatic heterocycles. The summed E-state index contributed by atoms with van der Waals surface area (Å²) in [6.07, 6.45) is 4.28. The lowest BCUT2D eigenvalue weighted by Crippen LogP contribution is -2.35. The molecule has 0 aliphatic heterocycles. The van der Waals surface area contributed by atoms with Crippen LogP contribution in [0.2, 0.25) is 0 Å². The molecule has 1 N–H and O–H groups in total. The Bertz CT molecular complexity index is 378. The summed E-state index contributed by atoms with van der Waals surface area (Å²) in [4.78, 5) is 0. The lowest BCUT2D eigenvalue weighted by Gasteiger charge is -2.40. The maximum atomic E-state index is 9.52. The van der Waals surface area contributed by atoms with Gasteiger partial charge in [-0.1, -0.05) is 6.42 Å². The standard InChI is InChI=1S/C14H20O3/c1-16-12-4-5-13(17-2)11(8-12)9-14(10-15)6-3-7-14/h4-5,8,15H,3,6-7,9-10H2,1-2H3. The van der Waals surface area contributed by atoms with Crippen LogP contribution in [0.1, 0.15) is 24.8 Å². The summed E-state index contributed by atoms with van der Waals surface area (Å²) in [6.45, 7) is 0.257. The Kier molecular flexibility index (Phi) is 3.57. The smallest absolute Gasteiger partial charge is 0.122 e. The highest BCUT2D eigenvalue weighted by atomic mass is 16.5. The van der Waals surface area contributed by atoms with Crippen molar-refractivity contribution in [1.29, 1.82) is 0 Å². The van der Waals surface area contributed by atoms with Gasteiger partial charge < -0.3 is 14.6 Å². The molecule has 1 fully saturated rings. The summed E-state index contributed by atoms with van der Waals surface area (Å²) >= 11 is 0. The third kappa shape index (κ3) is 2.39. The van der Waals surface area contributed by atoms with Crippen LogP contribution in [0.4, 0.5) is 0 Å². The highest BCUT2D eigenvalue weighted by molar-refractivity contribution is 5.41. The number of hydrogen-bond acceptors (Lipinski definition) is 3. The maximum Gasteiger partial charge on any atom is 0.122 e.